The van der Waals surface area contributed by atoms with Crippen LogP contribution in [0.5, 0.6) is 0 Å². The second-order valence-corrected chi connectivity index (χ2v) is 9.31. The lowest BCUT2D eigenvalue weighted by molar-refractivity contribution is -0.120. The second kappa shape index (κ2) is 17.4. The summed E-state index contributed by atoms with van der Waals surface area (Å²) in [5.41, 5.74) is 6.94. The Morgan fingerprint density at radius 3 is 2.11 bits per heavy atom. The summed E-state index contributed by atoms with van der Waals surface area (Å²) < 4.78 is 15.7. The number of amides is 2. The fourth-order valence-electron chi connectivity index (χ4n) is 4.14. The van der Waals surface area contributed by atoms with Crippen LogP contribution in [0.4, 0.5) is 4.79 Å². The van der Waals surface area contributed by atoms with Crippen LogP contribution in [0.3, 0.4) is 0 Å². The average molecular weight is 499 g/mol. The van der Waals surface area contributed by atoms with Crippen LogP contribution in [-0.4, -0.2) is 61.3 Å². The van der Waals surface area contributed by atoms with Gasteiger partial charge in [0.2, 0.25) is 5.91 Å². The van der Waals surface area contributed by atoms with Crippen molar-refractivity contribution in [2.75, 3.05) is 20.8 Å². The van der Waals surface area contributed by atoms with E-state index in [9.17, 15) is 9.59 Å². The van der Waals surface area contributed by atoms with Crippen molar-refractivity contribution in [2.24, 2.45) is 17.6 Å². The van der Waals surface area contributed by atoms with Gasteiger partial charge >= 0.3 is 6.09 Å². The van der Waals surface area contributed by atoms with E-state index in [0.29, 0.717) is 12.0 Å². The molecule has 2 heterocycles. The fraction of sp³-hybridized carbons (Fsp3) is 0.778. The minimum atomic E-state index is -0.669. The molecule has 0 radical (unpaired) electrons. The molecule has 1 spiro atoms. The molecule has 8 heteroatoms. The highest BCUT2D eigenvalue weighted by Gasteiger charge is 2.53. The number of primary amides is 1. The zero-order chi connectivity index (χ0) is 27.8. The zero-order valence-electron chi connectivity index (χ0n) is 23.3. The molecule has 0 aromatic heterocycles. The van der Waals surface area contributed by atoms with Crippen LogP contribution in [0.2, 0.25) is 0 Å². The molecule has 35 heavy (non-hydrogen) atoms. The van der Waals surface area contributed by atoms with E-state index in [0.717, 1.165) is 20.1 Å². The smallest absolute Gasteiger partial charge is 0.407 e. The van der Waals surface area contributed by atoms with Crippen molar-refractivity contribution in [3.8, 4) is 12.8 Å². The van der Waals surface area contributed by atoms with Crippen molar-refractivity contribution in [2.45, 2.75) is 104 Å². The summed E-state index contributed by atoms with van der Waals surface area (Å²) in [7, 11) is 2.23. The first kappa shape index (κ1) is 35.1. The number of hydrogen-bond acceptors (Lipinski definition) is 6. The van der Waals surface area contributed by atoms with E-state index in [-0.39, 0.29) is 17.1 Å². The van der Waals surface area contributed by atoms with E-state index in [4.69, 9.17) is 20.3 Å². The van der Waals surface area contributed by atoms with Crippen LogP contribution in [0.15, 0.2) is 11.6 Å². The Kier molecular flexibility index (Phi) is 17.4. The Morgan fingerprint density at radius 2 is 1.74 bits per heavy atom. The molecule has 2 saturated heterocycles. The third-order valence-electron chi connectivity index (χ3n) is 6.29. The summed E-state index contributed by atoms with van der Waals surface area (Å²) in [6.07, 6.45) is 16.6. The van der Waals surface area contributed by atoms with Crippen molar-refractivity contribution in [1.29, 1.82) is 0 Å². The van der Waals surface area contributed by atoms with E-state index in [1.807, 2.05) is 13.8 Å². The van der Waals surface area contributed by atoms with Gasteiger partial charge in [-0.25, -0.2) is 4.79 Å². The molecule has 1 saturated carbocycles. The van der Waals surface area contributed by atoms with Crippen molar-refractivity contribution in [3.05, 3.63) is 11.6 Å². The van der Waals surface area contributed by atoms with E-state index in [1.165, 1.54) is 38.4 Å². The van der Waals surface area contributed by atoms with Crippen molar-refractivity contribution >= 4 is 12.0 Å². The number of aliphatic hydroxyl groups is 1. The molecule has 204 valence electrons. The lowest BCUT2D eigenvalue weighted by Gasteiger charge is -2.29. The molecule has 3 aliphatic rings. The minimum Gasteiger partial charge on any atom is -0.453 e. The van der Waals surface area contributed by atoms with Gasteiger partial charge in [-0.15, -0.1) is 12.8 Å². The van der Waals surface area contributed by atoms with Gasteiger partial charge in [0.25, 0.3) is 0 Å². The summed E-state index contributed by atoms with van der Waals surface area (Å²) in [4.78, 5) is 21.4. The Bertz CT molecular complexity index is 668. The summed E-state index contributed by atoms with van der Waals surface area (Å²) in [6.45, 7) is 15.2. The average Bonchev–Trinajstić information content (AvgIpc) is 3.76. The standard InChI is InChI=1S/C15H24O2.C7H14N2O3.C2H6.C2H2.CH4O/c1-11(7-8-13-14(2,3)17-13)12-6-4-5-9-15(12)10-16-15;1-4(2)5(6(8)10)9-7(11)12-3;3*1-2/h7,12-13H,4-6,8-10H2,1-3H3;4-5H,1-3H3,(H2,8,10)(H,9,11);1-2H3;1-2H;2H,1H3/b11-7+;;;;/t12?,13-,15-;5-;;;/m01.../s1. The topological polar surface area (TPSA) is 127 Å². The van der Waals surface area contributed by atoms with E-state index >= 15 is 0 Å². The molecule has 0 aromatic rings. The highest BCUT2D eigenvalue weighted by molar-refractivity contribution is 5.84. The number of nitrogens with one attached hydrogen (secondary N) is 1. The molecule has 3 rings (SSSR count). The summed E-state index contributed by atoms with van der Waals surface area (Å²) in [5.74, 6) is 0.0788. The van der Waals surface area contributed by atoms with Crippen molar-refractivity contribution < 1.29 is 28.9 Å². The van der Waals surface area contributed by atoms with Crippen LogP contribution in [-0.2, 0) is 19.0 Å². The first-order valence-corrected chi connectivity index (χ1v) is 12.4. The minimum absolute atomic E-state index is 0.0402. The Morgan fingerprint density at radius 1 is 1.23 bits per heavy atom. The molecule has 2 aliphatic heterocycles. The van der Waals surface area contributed by atoms with Gasteiger partial charge in [0.15, 0.2) is 0 Å². The van der Waals surface area contributed by atoms with Crippen molar-refractivity contribution in [3.63, 3.8) is 0 Å². The number of methoxy groups -OCH3 is 1. The quantitative estimate of drug-likeness (QED) is 0.286. The molecule has 8 nitrogen and oxygen atoms in total. The van der Waals surface area contributed by atoms with Gasteiger partial charge in [0, 0.05) is 13.0 Å². The fourth-order valence-corrected chi connectivity index (χ4v) is 4.14. The molecule has 2 amide bonds. The highest BCUT2D eigenvalue weighted by atomic mass is 16.6. The van der Waals surface area contributed by atoms with Gasteiger partial charge in [-0.3, -0.25) is 4.79 Å². The molecule has 4 N–H and O–H groups in total. The number of ether oxygens (including phenoxy) is 3. The summed E-state index contributed by atoms with van der Waals surface area (Å²) in [6, 6.07) is -0.669. The number of hydrogen-bond donors (Lipinski definition) is 3. The number of carbonyl (C=O) groups is 2. The maximum atomic E-state index is 10.7. The first-order chi connectivity index (χ1) is 16.5. The van der Waals surface area contributed by atoms with Crippen LogP contribution >= 0.6 is 0 Å². The van der Waals surface area contributed by atoms with Crippen LogP contribution in [0.25, 0.3) is 0 Å². The highest BCUT2D eigenvalue weighted by Crippen LogP contribution is 2.49. The van der Waals surface area contributed by atoms with E-state index in [2.05, 4.69) is 49.7 Å². The Balaban J connectivity index is 0. The van der Waals surface area contributed by atoms with Crippen LogP contribution in [0, 0.1) is 24.7 Å². The lowest BCUT2D eigenvalue weighted by Crippen LogP contribution is -2.47. The third-order valence-corrected chi connectivity index (χ3v) is 6.29. The predicted octanol–water partition coefficient (Wildman–Crippen LogP) is 4.20. The van der Waals surface area contributed by atoms with Gasteiger partial charge in [-0.2, -0.15) is 0 Å². The van der Waals surface area contributed by atoms with Gasteiger partial charge in [-0.05, 0) is 46.0 Å². The van der Waals surface area contributed by atoms with Crippen LogP contribution < -0.4 is 11.1 Å². The SMILES string of the molecule is C#C.C/C(=C\C[C@@H]1OC1(C)C)C1CCCC[C@]12CO2.CC.CO.COC(=O)N[C@@H](C(N)=O)C(C)C. The molecular formula is C27H50N2O6. The number of rotatable bonds is 6. The lowest BCUT2D eigenvalue weighted by atomic mass is 9.75. The number of alkyl carbamates (subject to hydrolysis) is 1. The number of aliphatic hydroxyl groups excluding tert-OH is 1. The Hall–Kier alpha value is -2.08. The normalized spacial score (nSPS) is 25.9. The first-order valence-electron chi connectivity index (χ1n) is 12.4. The maximum absolute atomic E-state index is 10.7. The van der Waals surface area contributed by atoms with Gasteiger partial charge in [0.1, 0.15) is 6.04 Å². The molecule has 0 aromatic carbocycles. The molecule has 0 bridgehead atoms. The number of terminal acetylenes is 1. The maximum Gasteiger partial charge on any atom is 0.407 e. The molecule has 1 unspecified atom stereocenters. The monoisotopic (exact) mass is 498 g/mol. The molecule has 1 aliphatic carbocycles. The second-order valence-electron chi connectivity index (χ2n) is 9.31. The van der Waals surface area contributed by atoms with Gasteiger partial charge in [0.05, 0.1) is 31.0 Å². The largest absolute Gasteiger partial charge is 0.453 e. The summed E-state index contributed by atoms with van der Waals surface area (Å²) in [5, 5.41) is 9.33. The van der Waals surface area contributed by atoms with Crippen molar-refractivity contribution in [1.82, 2.24) is 5.32 Å². The molecular weight excluding hydrogens is 448 g/mol. The third kappa shape index (κ3) is 11.9. The molecule has 3 fully saturated rings. The van der Waals surface area contributed by atoms with E-state index in [1.54, 1.807) is 13.8 Å². The Labute approximate surface area is 213 Å². The van der Waals surface area contributed by atoms with Gasteiger partial charge < -0.3 is 30.4 Å². The number of epoxide rings is 2. The van der Waals surface area contributed by atoms with E-state index < -0.39 is 18.0 Å². The predicted molar refractivity (Wildman–Crippen MR) is 141 cm³/mol. The molecule has 4 atom stereocenters. The summed E-state index contributed by atoms with van der Waals surface area (Å²) >= 11 is 0. The van der Waals surface area contributed by atoms with Gasteiger partial charge in [-0.1, -0.05) is 52.2 Å². The number of nitrogens with two attached hydrogens (primary N) is 1. The zero-order valence-corrected chi connectivity index (χ0v) is 23.3. The van der Waals surface area contributed by atoms with Crippen LogP contribution in [0.1, 0.15) is 80.6 Å². The number of carbonyl (C=O) groups excluding carboxylic acids is 2.